The molecule has 2 amide bonds. The highest BCUT2D eigenvalue weighted by Crippen LogP contribution is 2.40. The van der Waals surface area contributed by atoms with E-state index >= 15 is 0 Å². The number of methoxy groups -OCH3 is 1. The molecule has 2 aromatic rings. The number of ether oxygens (including phenoxy) is 3. The number of nitrogens with zero attached hydrogens (tertiary/aromatic N) is 1. The number of likely N-dealkylation sites (N-methyl/N-ethyl adjacent to an activating group) is 1. The minimum absolute atomic E-state index is 0.0686. The molecule has 1 fully saturated rings. The molecule has 35 heavy (non-hydrogen) atoms. The van der Waals surface area contributed by atoms with E-state index in [0.29, 0.717) is 18.6 Å². The number of amides is 2. The lowest BCUT2D eigenvalue weighted by Crippen LogP contribution is -2.60. The van der Waals surface area contributed by atoms with Gasteiger partial charge in [0.15, 0.2) is 0 Å². The fourth-order valence-corrected chi connectivity index (χ4v) is 3.59. The first kappa shape index (κ1) is 26.3. The van der Waals surface area contributed by atoms with Gasteiger partial charge < -0.3 is 29.7 Å². The summed E-state index contributed by atoms with van der Waals surface area (Å²) in [5, 5.41) is 5.58. The number of hydrogen-bond acceptors (Lipinski definition) is 6. The summed E-state index contributed by atoms with van der Waals surface area (Å²) in [5.41, 5.74) is -1.39. The zero-order valence-corrected chi connectivity index (χ0v) is 19.7. The molecule has 0 saturated carbocycles. The van der Waals surface area contributed by atoms with Crippen LogP contribution in [0.15, 0.2) is 42.5 Å². The number of carbonyl (C=O) groups is 2. The normalized spacial score (nSPS) is 17.8. The average Bonchev–Trinajstić information content (AvgIpc) is 3.27. The Morgan fingerprint density at radius 2 is 1.80 bits per heavy atom. The van der Waals surface area contributed by atoms with Crippen LogP contribution in [0.5, 0.6) is 17.2 Å². The van der Waals surface area contributed by atoms with Crippen molar-refractivity contribution in [2.45, 2.75) is 24.7 Å². The van der Waals surface area contributed by atoms with Crippen molar-refractivity contribution in [2.75, 3.05) is 41.0 Å². The molecule has 11 heteroatoms. The lowest BCUT2D eigenvalue weighted by atomic mass is 9.97. The zero-order valence-electron chi connectivity index (χ0n) is 19.7. The third-order valence-corrected chi connectivity index (χ3v) is 5.39. The van der Waals surface area contributed by atoms with E-state index in [-0.39, 0.29) is 48.8 Å². The average molecular weight is 495 g/mol. The van der Waals surface area contributed by atoms with Gasteiger partial charge in [0, 0.05) is 19.6 Å². The Balaban J connectivity index is 1.64. The predicted octanol–water partition coefficient (Wildman–Crippen LogP) is 2.96. The minimum Gasteiger partial charge on any atom is -0.497 e. The standard InChI is InChI=1S/C24H28F3N3O5/c1-30(2)14-21(31)29-23(10-11-34-15-23)22(32)28-13-16-4-6-17(7-5-16)35-20-9-8-18(33-3)12-19(20)24(25,26)27/h4-9,12H,10-11,13-15H2,1-3H3,(H,28,32)(H,29,31). The summed E-state index contributed by atoms with van der Waals surface area (Å²) >= 11 is 0. The molecule has 0 aliphatic carbocycles. The first-order valence-electron chi connectivity index (χ1n) is 10.9. The zero-order chi connectivity index (χ0) is 25.6. The van der Waals surface area contributed by atoms with E-state index < -0.39 is 17.3 Å². The maximum absolute atomic E-state index is 13.4. The molecule has 1 saturated heterocycles. The van der Waals surface area contributed by atoms with Crippen LogP contribution in [-0.4, -0.2) is 63.2 Å². The van der Waals surface area contributed by atoms with Gasteiger partial charge in [-0.1, -0.05) is 12.1 Å². The second-order valence-corrected chi connectivity index (χ2v) is 8.46. The largest absolute Gasteiger partial charge is 0.497 e. The first-order chi connectivity index (χ1) is 16.5. The van der Waals surface area contributed by atoms with Crippen molar-refractivity contribution in [3.8, 4) is 17.2 Å². The topological polar surface area (TPSA) is 89.1 Å². The van der Waals surface area contributed by atoms with Crippen LogP contribution in [0.25, 0.3) is 0 Å². The van der Waals surface area contributed by atoms with Crippen LogP contribution >= 0.6 is 0 Å². The molecule has 8 nitrogen and oxygen atoms in total. The highest BCUT2D eigenvalue weighted by atomic mass is 19.4. The summed E-state index contributed by atoms with van der Waals surface area (Å²) in [6, 6.07) is 9.75. The second kappa shape index (κ2) is 11.0. The molecule has 0 aromatic heterocycles. The van der Waals surface area contributed by atoms with Gasteiger partial charge in [-0.3, -0.25) is 9.59 Å². The number of hydrogen-bond donors (Lipinski definition) is 2. The summed E-state index contributed by atoms with van der Waals surface area (Å²) in [6.07, 6.45) is -4.26. The maximum atomic E-state index is 13.4. The van der Waals surface area contributed by atoms with Crippen LogP contribution in [0.1, 0.15) is 17.5 Å². The molecule has 1 atom stereocenters. The Morgan fingerprint density at radius 3 is 2.37 bits per heavy atom. The maximum Gasteiger partial charge on any atom is 0.420 e. The summed E-state index contributed by atoms with van der Waals surface area (Å²) in [4.78, 5) is 26.8. The Kier molecular flexibility index (Phi) is 8.23. The van der Waals surface area contributed by atoms with Crippen LogP contribution in [0.4, 0.5) is 13.2 Å². The number of carbonyl (C=O) groups excluding carboxylic acids is 2. The number of alkyl halides is 3. The minimum atomic E-state index is -4.62. The van der Waals surface area contributed by atoms with Crippen molar-refractivity contribution in [2.24, 2.45) is 0 Å². The molecule has 190 valence electrons. The fourth-order valence-electron chi connectivity index (χ4n) is 3.59. The van der Waals surface area contributed by atoms with E-state index in [0.717, 1.165) is 6.07 Å². The Bertz CT molecular complexity index is 1040. The third kappa shape index (κ3) is 6.86. The van der Waals surface area contributed by atoms with Crippen molar-refractivity contribution in [1.29, 1.82) is 0 Å². The number of benzene rings is 2. The van der Waals surface area contributed by atoms with Crippen LogP contribution in [0, 0.1) is 0 Å². The van der Waals surface area contributed by atoms with Crippen molar-refractivity contribution in [3.05, 3.63) is 53.6 Å². The smallest absolute Gasteiger partial charge is 0.420 e. The summed E-state index contributed by atoms with van der Waals surface area (Å²) < 4.78 is 55.9. The van der Waals surface area contributed by atoms with Crippen LogP contribution in [0.2, 0.25) is 0 Å². The monoisotopic (exact) mass is 495 g/mol. The Labute approximate surface area is 201 Å². The molecule has 1 aliphatic heterocycles. The van der Waals surface area contributed by atoms with Gasteiger partial charge in [0.2, 0.25) is 11.8 Å². The highest BCUT2D eigenvalue weighted by Gasteiger charge is 2.43. The van der Waals surface area contributed by atoms with Gasteiger partial charge >= 0.3 is 6.18 Å². The van der Waals surface area contributed by atoms with Gasteiger partial charge in [-0.2, -0.15) is 13.2 Å². The van der Waals surface area contributed by atoms with Gasteiger partial charge in [0.05, 0.1) is 20.3 Å². The van der Waals surface area contributed by atoms with Crippen LogP contribution in [-0.2, 0) is 27.0 Å². The molecular formula is C24H28F3N3O5. The van der Waals surface area contributed by atoms with E-state index in [2.05, 4.69) is 10.6 Å². The summed E-state index contributed by atoms with van der Waals surface area (Å²) in [7, 11) is 4.79. The first-order valence-corrected chi connectivity index (χ1v) is 10.9. The van der Waals surface area contributed by atoms with E-state index in [1.807, 2.05) is 0 Å². The lowest BCUT2D eigenvalue weighted by molar-refractivity contribution is -0.138. The molecule has 1 heterocycles. The molecule has 2 aromatic carbocycles. The number of halogens is 3. The predicted molar refractivity (Wildman–Crippen MR) is 121 cm³/mol. The Hall–Kier alpha value is -3.31. The summed E-state index contributed by atoms with van der Waals surface area (Å²) in [5.74, 6) is -0.730. The van der Waals surface area contributed by atoms with Gasteiger partial charge in [-0.15, -0.1) is 0 Å². The summed E-state index contributed by atoms with van der Waals surface area (Å²) in [6.45, 7) is 0.725. The second-order valence-electron chi connectivity index (χ2n) is 8.46. The molecule has 0 bridgehead atoms. The van der Waals surface area contributed by atoms with Gasteiger partial charge in [0.25, 0.3) is 0 Å². The van der Waals surface area contributed by atoms with Gasteiger partial charge in [0.1, 0.15) is 28.4 Å². The molecule has 2 N–H and O–H groups in total. The van der Waals surface area contributed by atoms with Crippen molar-refractivity contribution < 1.29 is 37.0 Å². The Morgan fingerprint density at radius 1 is 1.11 bits per heavy atom. The van der Waals surface area contributed by atoms with E-state index in [1.165, 1.54) is 31.4 Å². The third-order valence-electron chi connectivity index (χ3n) is 5.39. The molecule has 3 rings (SSSR count). The van der Waals surface area contributed by atoms with Crippen molar-refractivity contribution in [1.82, 2.24) is 15.5 Å². The quantitative estimate of drug-likeness (QED) is 0.556. The number of nitrogens with one attached hydrogen (secondary N) is 2. The molecule has 1 unspecified atom stereocenters. The van der Waals surface area contributed by atoms with E-state index in [1.54, 1.807) is 31.1 Å². The van der Waals surface area contributed by atoms with Crippen LogP contribution < -0.4 is 20.1 Å². The van der Waals surface area contributed by atoms with E-state index in [4.69, 9.17) is 14.2 Å². The van der Waals surface area contributed by atoms with Crippen molar-refractivity contribution >= 4 is 11.8 Å². The molecule has 0 radical (unpaired) electrons. The van der Waals surface area contributed by atoms with Gasteiger partial charge in [-0.25, -0.2) is 0 Å². The van der Waals surface area contributed by atoms with Gasteiger partial charge in [-0.05, 0) is 50.0 Å². The highest BCUT2D eigenvalue weighted by molar-refractivity contribution is 5.92. The fraction of sp³-hybridized carbons (Fsp3) is 0.417. The van der Waals surface area contributed by atoms with E-state index in [9.17, 15) is 22.8 Å². The van der Waals surface area contributed by atoms with Crippen LogP contribution in [0.3, 0.4) is 0 Å². The SMILES string of the molecule is COc1ccc(Oc2ccc(CNC(=O)C3(NC(=O)CN(C)C)CCOC3)cc2)c(C(F)(F)F)c1. The molecule has 1 aliphatic rings. The number of rotatable bonds is 9. The lowest BCUT2D eigenvalue weighted by Gasteiger charge is -2.28. The van der Waals surface area contributed by atoms with Crippen molar-refractivity contribution in [3.63, 3.8) is 0 Å². The molecular weight excluding hydrogens is 467 g/mol. The molecule has 0 spiro atoms.